The number of hydrogen-bond acceptors (Lipinski definition) is 5. The smallest absolute Gasteiger partial charge is 0.464 e. The van der Waals surface area contributed by atoms with Gasteiger partial charge in [0.2, 0.25) is 0 Å². The highest BCUT2D eigenvalue weighted by molar-refractivity contribution is 6.62. The Balaban J connectivity index is 2.17. The van der Waals surface area contributed by atoms with E-state index in [9.17, 15) is 4.79 Å². The lowest BCUT2D eigenvalue weighted by Gasteiger charge is -2.32. The monoisotopic (exact) mass is 308 g/mol. The van der Waals surface area contributed by atoms with Crippen LogP contribution >= 0.6 is 0 Å². The van der Waals surface area contributed by atoms with Crippen LogP contribution in [0.2, 0.25) is 0 Å². The zero-order valence-corrected chi connectivity index (χ0v) is 14.3. The molecule has 0 aromatic carbocycles. The molecule has 0 saturated carbocycles. The van der Waals surface area contributed by atoms with Crippen molar-refractivity contribution in [3.8, 4) is 0 Å². The molecule has 122 valence electrons. The summed E-state index contributed by atoms with van der Waals surface area (Å²) < 4.78 is 18.7. The second-order valence-electron chi connectivity index (χ2n) is 6.52. The molecular formula is C15H25BN2O4. The van der Waals surface area contributed by atoms with Gasteiger partial charge in [-0.15, -0.1) is 0 Å². The van der Waals surface area contributed by atoms with Crippen molar-refractivity contribution >= 4 is 18.6 Å². The lowest BCUT2D eigenvalue weighted by Crippen LogP contribution is -2.41. The van der Waals surface area contributed by atoms with E-state index in [1.165, 1.54) is 0 Å². The number of carbonyl (C=O) groups is 1. The number of esters is 1. The second-order valence-corrected chi connectivity index (χ2v) is 6.52. The molecule has 1 fully saturated rings. The van der Waals surface area contributed by atoms with Gasteiger partial charge >= 0.3 is 13.1 Å². The maximum Gasteiger partial charge on any atom is 0.498 e. The molecule has 1 aromatic rings. The molecule has 0 N–H and O–H groups in total. The molecule has 22 heavy (non-hydrogen) atoms. The van der Waals surface area contributed by atoms with Crippen LogP contribution in [0.25, 0.3) is 0 Å². The van der Waals surface area contributed by atoms with Crippen molar-refractivity contribution in [2.45, 2.75) is 65.2 Å². The molecule has 1 saturated heterocycles. The van der Waals surface area contributed by atoms with Crippen molar-refractivity contribution in [1.82, 2.24) is 9.78 Å². The number of hydrogen-bond donors (Lipinski definition) is 0. The quantitative estimate of drug-likeness (QED) is 0.612. The zero-order chi connectivity index (χ0) is 16.5. The fourth-order valence-corrected chi connectivity index (χ4v) is 2.32. The van der Waals surface area contributed by atoms with Crippen LogP contribution in [-0.4, -0.2) is 40.7 Å². The first-order valence-electron chi connectivity index (χ1n) is 7.78. The Hall–Kier alpha value is -1.34. The van der Waals surface area contributed by atoms with Crippen molar-refractivity contribution in [2.24, 2.45) is 0 Å². The normalized spacial score (nSPS) is 20.9. The van der Waals surface area contributed by atoms with Crippen LogP contribution in [0, 0.1) is 0 Å². The van der Waals surface area contributed by atoms with E-state index < -0.39 is 24.4 Å². The minimum Gasteiger partial charge on any atom is -0.464 e. The fourth-order valence-electron chi connectivity index (χ4n) is 2.32. The first-order chi connectivity index (χ1) is 10.2. The maximum atomic E-state index is 12.0. The minimum absolute atomic E-state index is 0.270. The van der Waals surface area contributed by atoms with Crippen molar-refractivity contribution in [1.29, 1.82) is 0 Å². The molecular weight excluding hydrogens is 283 g/mol. The van der Waals surface area contributed by atoms with Gasteiger partial charge in [0.05, 0.1) is 17.8 Å². The van der Waals surface area contributed by atoms with E-state index in [1.54, 1.807) is 24.0 Å². The molecule has 7 heteroatoms. The predicted octanol–water partition coefficient (Wildman–Crippen LogP) is 1.70. The average molecular weight is 308 g/mol. The average Bonchev–Trinajstić information content (AvgIpc) is 2.95. The standard InChI is InChI=1S/C15H25BN2O4/c1-7-12(13(19)20-8-2)18-10-11(9-17-18)16-21-14(3,4)15(5,6)22-16/h9-10,12H,7-8H2,1-6H3. The number of carbonyl (C=O) groups excluding carboxylic acids is 1. The number of rotatable bonds is 5. The van der Waals surface area contributed by atoms with Gasteiger partial charge in [0.15, 0.2) is 0 Å². The van der Waals surface area contributed by atoms with Crippen LogP contribution in [0.15, 0.2) is 12.4 Å². The van der Waals surface area contributed by atoms with E-state index in [1.807, 2.05) is 34.6 Å². The van der Waals surface area contributed by atoms with Crippen LogP contribution in [0.1, 0.15) is 54.0 Å². The molecule has 2 rings (SSSR count). The Labute approximate surface area is 132 Å². The van der Waals surface area contributed by atoms with Crippen molar-refractivity contribution in [3.63, 3.8) is 0 Å². The summed E-state index contributed by atoms with van der Waals surface area (Å²) in [7, 11) is -0.474. The fraction of sp³-hybridized carbons (Fsp3) is 0.733. The topological polar surface area (TPSA) is 62.6 Å². The Morgan fingerprint density at radius 3 is 2.41 bits per heavy atom. The van der Waals surface area contributed by atoms with Gasteiger partial charge in [0.1, 0.15) is 6.04 Å². The summed E-state index contributed by atoms with van der Waals surface area (Å²) in [6.07, 6.45) is 4.10. The van der Waals surface area contributed by atoms with E-state index >= 15 is 0 Å². The molecule has 0 bridgehead atoms. The molecule has 1 unspecified atom stereocenters. The van der Waals surface area contributed by atoms with Crippen LogP contribution in [0.4, 0.5) is 0 Å². The Morgan fingerprint density at radius 1 is 1.32 bits per heavy atom. The molecule has 1 aliphatic heterocycles. The van der Waals surface area contributed by atoms with E-state index in [2.05, 4.69) is 5.10 Å². The molecule has 0 aliphatic carbocycles. The lowest BCUT2D eigenvalue weighted by atomic mass is 9.82. The van der Waals surface area contributed by atoms with Crippen LogP contribution in [0.3, 0.4) is 0 Å². The Bertz CT molecular complexity index is 525. The number of ether oxygens (including phenoxy) is 1. The maximum absolute atomic E-state index is 12.0. The summed E-state index contributed by atoms with van der Waals surface area (Å²) in [5.41, 5.74) is 0.0113. The van der Waals surface area contributed by atoms with Gasteiger partial charge in [-0.1, -0.05) is 6.92 Å². The summed E-state index contributed by atoms with van der Waals surface area (Å²) in [5, 5.41) is 4.29. The van der Waals surface area contributed by atoms with Gasteiger partial charge in [0.25, 0.3) is 0 Å². The Morgan fingerprint density at radius 2 is 1.91 bits per heavy atom. The molecule has 1 aromatic heterocycles. The summed E-state index contributed by atoms with van der Waals surface area (Å²) in [4.78, 5) is 12.0. The summed E-state index contributed by atoms with van der Waals surface area (Å²) in [5.74, 6) is -0.270. The first-order valence-corrected chi connectivity index (χ1v) is 7.78. The van der Waals surface area contributed by atoms with E-state index in [-0.39, 0.29) is 5.97 Å². The summed E-state index contributed by atoms with van der Waals surface area (Å²) in [6.45, 7) is 12.1. The van der Waals surface area contributed by atoms with Gasteiger partial charge in [-0.25, -0.2) is 4.79 Å². The second kappa shape index (κ2) is 6.04. The third-order valence-corrected chi connectivity index (χ3v) is 4.41. The highest BCUT2D eigenvalue weighted by Crippen LogP contribution is 2.36. The van der Waals surface area contributed by atoms with Crippen molar-refractivity contribution in [3.05, 3.63) is 12.4 Å². The van der Waals surface area contributed by atoms with Gasteiger partial charge in [-0.05, 0) is 41.0 Å². The van der Waals surface area contributed by atoms with Gasteiger partial charge < -0.3 is 14.0 Å². The Kier molecular flexibility index (Phi) is 4.68. The summed E-state index contributed by atoms with van der Waals surface area (Å²) in [6, 6.07) is -0.420. The summed E-state index contributed by atoms with van der Waals surface area (Å²) >= 11 is 0. The van der Waals surface area contributed by atoms with Crippen molar-refractivity contribution < 1.29 is 18.8 Å². The molecule has 0 spiro atoms. The molecule has 0 radical (unpaired) electrons. The SMILES string of the molecule is CCOC(=O)C(CC)n1cc(B2OC(C)(C)C(C)(C)O2)cn1. The lowest BCUT2D eigenvalue weighted by molar-refractivity contribution is -0.147. The predicted molar refractivity (Wildman–Crippen MR) is 83.9 cm³/mol. The molecule has 6 nitrogen and oxygen atoms in total. The minimum atomic E-state index is -0.474. The van der Waals surface area contributed by atoms with Crippen LogP contribution in [-0.2, 0) is 18.8 Å². The number of nitrogens with zero attached hydrogens (tertiary/aromatic N) is 2. The zero-order valence-electron chi connectivity index (χ0n) is 14.3. The molecule has 1 atom stereocenters. The van der Waals surface area contributed by atoms with Gasteiger partial charge in [0, 0.05) is 17.9 Å². The highest BCUT2D eigenvalue weighted by atomic mass is 16.7. The van der Waals surface area contributed by atoms with Crippen molar-refractivity contribution in [2.75, 3.05) is 6.61 Å². The highest BCUT2D eigenvalue weighted by Gasteiger charge is 2.52. The first kappa shape index (κ1) is 17.0. The van der Waals surface area contributed by atoms with Crippen LogP contribution in [0.5, 0.6) is 0 Å². The van der Waals surface area contributed by atoms with E-state index in [0.717, 1.165) is 5.46 Å². The number of aromatic nitrogens is 2. The molecule has 0 amide bonds. The van der Waals surface area contributed by atoms with Crippen LogP contribution < -0.4 is 5.46 Å². The third kappa shape index (κ3) is 3.05. The third-order valence-electron chi connectivity index (χ3n) is 4.41. The van der Waals surface area contributed by atoms with Gasteiger partial charge in [-0.3, -0.25) is 4.68 Å². The van der Waals surface area contributed by atoms with E-state index in [4.69, 9.17) is 14.0 Å². The van der Waals surface area contributed by atoms with Gasteiger partial charge in [-0.2, -0.15) is 5.10 Å². The molecule has 2 heterocycles. The molecule has 1 aliphatic rings. The van der Waals surface area contributed by atoms with E-state index in [0.29, 0.717) is 13.0 Å². The largest absolute Gasteiger partial charge is 0.498 e.